The van der Waals surface area contributed by atoms with Crippen molar-refractivity contribution in [3.05, 3.63) is 128 Å². The number of aryl methyl sites for hydroxylation is 2. The van der Waals surface area contributed by atoms with Crippen LogP contribution >= 0.6 is 27.5 Å². The summed E-state index contributed by atoms with van der Waals surface area (Å²) in [7, 11) is 0. The Morgan fingerprint density at radius 2 is 1.50 bits per heavy atom. The number of hydrogen-bond acceptors (Lipinski definition) is 5. The molecule has 1 fully saturated rings. The van der Waals surface area contributed by atoms with Gasteiger partial charge in [0.15, 0.2) is 0 Å². The number of barbiturate groups is 1. The summed E-state index contributed by atoms with van der Waals surface area (Å²) >= 11 is 9.44. The first-order valence-electron chi connectivity index (χ1n) is 13.1. The predicted molar refractivity (Wildman–Crippen MR) is 166 cm³/mol. The summed E-state index contributed by atoms with van der Waals surface area (Å²) in [6.45, 7) is 4.84. The first-order valence-corrected chi connectivity index (χ1v) is 14.2. The van der Waals surface area contributed by atoms with Crippen molar-refractivity contribution in [2.75, 3.05) is 4.90 Å². The van der Waals surface area contributed by atoms with Crippen LogP contribution in [0.15, 0.2) is 95.0 Å². The van der Waals surface area contributed by atoms with Gasteiger partial charge in [0.2, 0.25) is 0 Å². The van der Waals surface area contributed by atoms with Gasteiger partial charge in [0.25, 0.3) is 11.8 Å². The molecule has 0 atom stereocenters. The van der Waals surface area contributed by atoms with Crippen LogP contribution in [0.4, 0.5) is 10.5 Å². The monoisotopic (exact) mass is 644 g/mol. The lowest BCUT2D eigenvalue weighted by molar-refractivity contribution is -0.122. The Bertz CT molecular complexity index is 1700. The highest BCUT2D eigenvalue weighted by molar-refractivity contribution is 9.10. The maximum absolute atomic E-state index is 13.3. The molecule has 0 saturated carbocycles. The molecule has 0 aliphatic carbocycles. The molecular weight excluding hydrogens is 620 g/mol. The minimum atomic E-state index is -0.826. The van der Waals surface area contributed by atoms with Crippen molar-refractivity contribution in [1.82, 2.24) is 5.32 Å². The maximum atomic E-state index is 13.3. The van der Waals surface area contributed by atoms with Gasteiger partial charge in [0, 0.05) is 5.02 Å². The van der Waals surface area contributed by atoms with Gasteiger partial charge in [-0.3, -0.25) is 14.9 Å². The average Bonchev–Trinajstić information content (AvgIpc) is 2.97. The van der Waals surface area contributed by atoms with Gasteiger partial charge in [-0.25, -0.2) is 9.69 Å². The Labute approximate surface area is 256 Å². The van der Waals surface area contributed by atoms with Gasteiger partial charge >= 0.3 is 6.03 Å². The van der Waals surface area contributed by atoms with Crippen molar-refractivity contribution >= 4 is 57.1 Å². The summed E-state index contributed by atoms with van der Waals surface area (Å²) in [5, 5.41) is 2.89. The van der Waals surface area contributed by atoms with Crippen LogP contribution in [0, 0.1) is 13.8 Å². The largest absolute Gasteiger partial charge is 0.489 e. The van der Waals surface area contributed by atoms with Crippen LogP contribution in [0.5, 0.6) is 11.5 Å². The molecule has 7 nitrogen and oxygen atoms in total. The number of carbonyl (C=O) groups excluding carboxylic acids is 3. The van der Waals surface area contributed by atoms with E-state index in [1.54, 1.807) is 54.6 Å². The van der Waals surface area contributed by atoms with E-state index in [-0.39, 0.29) is 5.57 Å². The summed E-state index contributed by atoms with van der Waals surface area (Å²) < 4.78 is 12.4. The fourth-order valence-corrected chi connectivity index (χ4v) is 4.91. The minimum absolute atomic E-state index is 0.173. The highest BCUT2D eigenvalue weighted by Gasteiger charge is 2.36. The zero-order valence-electron chi connectivity index (χ0n) is 22.8. The molecular formula is C33H26BrClN2O5. The van der Waals surface area contributed by atoms with Crippen LogP contribution in [0.25, 0.3) is 6.08 Å². The van der Waals surface area contributed by atoms with Gasteiger partial charge in [0.1, 0.15) is 30.3 Å². The Morgan fingerprint density at radius 1 is 0.810 bits per heavy atom. The quantitative estimate of drug-likeness (QED) is 0.158. The van der Waals surface area contributed by atoms with E-state index in [4.69, 9.17) is 21.1 Å². The van der Waals surface area contributed by atoms with Crippen molar-refractivity contribution in [2.24, 2.45) is 0 Å². The Morgan fingerprint density at radius 3 is 2.19 bits per heavy atom. The molecule has 4 amide bonds. The highest BCUT2D eigenvalue weighted by atomic mass is 79.9. The SMILES string of the molecule is Cc1ccc(COc2ccc(/C=C3\C(=O)NC(=O)N(c4ccc(OCc5ccc(Cl)cc5)cc4)C3=O)cc2Br)cc1C. The Kier molecular flexibility index (Phi) is 8.75. The number of rotatable bonds is 8. The summed E-state index contributed by atoms with van der Waals surface area (Å²) in [5.41, 5.74) is 5.11. The second kappa shape index (κ2) is 12.6. The topological polar surface area (TPSA) is 84.9 Å². The van der Waals surface area contributed by atoms with E-state index in [2.05, 4.69) is 47.2 Å². The van der Waals surface area contributed by atoms with Gasteiger partial charge in [-0.1, -0.05) is 48.0 Å². The lowest BCUT2D eigenvalue weighted by atomic mass is 10.1. The van der Waals surface area contributed by atoms with E-state index in [0.717, 1.165) is 16.0 Å². The van der Waals surface area contributed by atoms with Crippen molar-refractivity contribution in [3.8, 4) is 11.5 Å². The molecule has 0 radical (unpaired) electrons. The molecule has 0 unspecified atom stereocenters. The second-order valence-electron chi connectivity index (χ2n) is 9.76. The van der Waals surface area contributed by atoms with E-state index in [1.165, 1.54) is 17.2 Å². The standard InChI is InChI=1S/C33H26BrClN2O5/c1-20-3-4-24(15-21(20)2)19-42-30-14-7-23(17-29(30)34)16-28-31(38)36-33(40)37(32(28)39)26-10-12-27(13-11-26)41-18-22-5-8-25(35)9-6-22/h3-17H,18-19H2,1-2H3,(H,36,38,40)/b28-16+. The first kappa shape index (κ1) is 29.1. The molecule has 1 heterocycles. The molecule has 1 aliphatic rings. The lowest BCUT2D eigenvalue weighted by Gasteiger charge is -2.26. The number of urea groups is 1. The van der Waals surface area contributed by atoms with Crippen molar-refractivity contribution in [2.45, 2.75) is 27.1 Å². The number of nitrogens with one attached hydrogen (secondary N) is 1. The minimum Gasteiger partial charge on any atom is -0.489 e. The fourth-order valence-electron chi connectivity index (χ4n) is 4.28. The third-order valence-corrected chi connectivity index (χ3v) is 7.62. The average molecular weight is 646 g/mol. The molecule has 0 bridgehead atoms. The maximum Gasteiger partial charge on any atom is 0.335 e. The predicted octanol–water partition coefficient (Wildman–Crippen LogP) is 7.54. The highest BCUT2D eigenvalue weighted by Crippen LogP contribution is 2.29. The van der Waals surface area contributed by atoms with E-state index < -0.39 is 17.8 Å². The smallest absolute Gasteiger partial charge is 0.335 e. The van der Waals surface area contributed by atoms with Gasteiger partial charge in [-0.05, 0) is 112 Å². The van der Waals surface area contributed by atoms with E-state index in [9.17, 15) is 14.4 Å². The van der Waals surface area contributed by atoms with Gasteiger partial charge in [0.05, 0.1) is 10.2 Å². The molecule has 5 rings (SSSR count). The normalized spacial score (nSPS) is 14.2. The van der Waals surface area contributed by atoms with E-state index >= 15 is 0 Å². The number of halogens is 2. The Hall–Kier alpha value is -4.40. The summed E-state index contributed by atoms with van der Waals surface area (Å²) in [6, 6.07) is 24.4. The number of nitrogens with zero attached hydrogens (tertiary/aromatic N) is 1. The van der Waals surface area contributed by atoms with Gasteiger partial charge in [-0.15, -0.1) is 0 Å². The zero-order chi connectivity index (χ0) is 29.8. The molecule has 42 heavy (non-hydrogen) atoms. The van der Waals surface area contributed by atoms with Crippen molar-refractivity contribution in [1.29, 1.82) is 0 Å². The van der Waals surface area contributed by atoms with Crippen LogP contribution in [0.3, 0.4) is 0 Å². The molecule has 0 spiro atoms. The summed E-state index contributed by atoms with van der Waals surface area (Å²) in [5.74, 6) is -0.333. The third-order valence-electron chi connectivity index (χ3n) is 6.75. The molecule has 212 valence electrons. The van der Waals surface area contributed by atoms with Crippen LogP contribution in [-0.4, -0.2) is 17.8 Å². The van der Waals surface area contributed by atoms with Crippen LogP contribution < -0.4 is 19.7 Å². The van der Waals surface area contributed by atoms with Crippen molar-refractivity contribution < 1.29 is 23.9 Å². The number of amides is 4. The number of benzene rings is 4. The zero-order valence-corrected chi connectivity index (χ0v) is 25.2. The summed E-state index contributed by atoms with van der Waals surface area (Å²) in [6.07, 6.45) is 1.44. The molecule has 4 aromatic carbocycles. The molecule has 9 heteroatoms. The number of anilines is 1. The van der Waals surface area contributed by atoms with Crippen molar-refractivity contribution in [3.63, 3.8) is 0 Å². The second-order valence-corrected chi connectivity index (χ2v) is 11.1. The van der Waals surface area contributed by atoms with Crippen LogP contribution in [0.2, 0.25) is 5.02 Å². The van der Waals surface area contributed by atoms with Gasteiger partial charge in [-0.2, -0.15) is 0 Å². The Balaban J connectivity index is 1.28. The molecule has 1 N–H and O–H groups in total. The third kappa shape index (κ3) is 6.73. The lowest BCUT2D eigenvalue weighted by Crippen LogP contribution is -2.54. The number of hydrogen-bond donors (Lipinski definition) is 1. The number of imide groups is 2. The van der Waals surface area contributed by atoms with E-state index in [1.807, 2.05) is 18.2 Å². The summed E-state index contributed by atoms with van der Waals surface area (Å²) in [4.78, 5) is 39.5. The number of carbonyl (C=O) groups is 3. The first-order chi connectivity index (χ1) is 20.2. The van der Waals surface area contributed by atoms with Crippen LogP contribution in [0.1, 0.15) is 27.8 Å². The fraction of sp³-hybridized carbons (Fsp3) is 0.121. The molecule has 1 aliphatic heterocycles. The van der Waals surface area contributed by atoms with Crippen LogP contribution in [-0.2, 0) is 22.8 Å². The molecule has 4 aromatic rings. The van der Waals surface area contributed by atoms with Gasteiger partial charge < -0.3 is 9.47 Å². The molecule has 1 saturated heterocycles. The molecule has 0 aromatic heterocycles. The number of ether oxygens (including phenoxy) is 2. The van der Waals surface area contributed by atoms with E-state index in [0.29, 0.717) is 45.5 Å².